The quantitative estimate of drug-likeness (QED) is 0.663. The van der Waals surface area contributed by atoms with E-state index in [-0.39, 0.29) is 5.92 Å². The van der Waals surface area contributed by atoms with Gasteiger partial charge in [0, 0.05) is 19.6 Å². The van der Waals surface area contributed by atoms with E-state index in [9.17, 15) is 0 Å². The first kappa shape index (κ1) is 8.08. The highest BCUT2D eigenvalue weighted by Gasteiger charge is 2.26. The number of aromatic amines is 1. The minimum Gasteiger partial charge on any atom is -0.369 e. The Labute approximate surface area is 76.2 Å². The highest BCUT2D eigenvalue weighted by Crippen LogP contribution is 2.16. The number of hydrogen-bond donors (Lipinski definition) is 2. The molecule has 0 radical (unpaired) electrons. The van der Waals surface area contributed by atoms with Gasteiger partial charge in [0.15, 0.2) is 5.95 Å². The number of hydrogen-bond acceptors (Lipinski definition) is 4. The van der Waals surface area contributed by atoms with Gasteiger partial charge < -0.3 is 10.7 Å². The predicted molar refractivity (Wildman–Crippen MR) is 47.4 cm³/mol. The molecule has 0 aromatic carbocycles. The number of rotatable bonds is 2. The van der Waals surface area contributed by atoms with Gasteiger partial charge in [0.2, 0.25) is 0 Å². The molecule has 0 aliphatic carbocycles. The summed E-state index contributed by atoms with van der Waals surface area (Å²) in [5, 5.41) is 8.56. The fraction of sp³-hybridized carbons (Fsp3) is 0.500. The van der Waals surface area contributed by atoms with Crippen molar-refractivity contribution in [1.82, 2.24) is 14.9 Å². The maximum Gasteiger partial charge on any atom is 0.197 e. The Morgan fingerprint density at radius 1 is 1.77 bits per heavy atom. The summed E-state index contributed by atoms with van der Waals surface area (Å²) in [4.78, 5) is 9.03. The maximum absolute atomic E-state index is 8.56. The van der Waals surface area contributed by atoms with Crippen LogP contribution in [0.5, 0.6) is 0 Å². The van der Waals surface area contributed by atoms with Crippen molar-refractivity contribution in [2.24, 2.45) is 5.92 Å². The van der Waals surface area contributed by atoms with Crippen molar-refractivity contribution in [3.63, 3.8) is 0 Å². The van der Waals surface area contributed by atoms with Gasteiger partial charge in [-0.3, -0.25) is 4.90 Å². The molecule has 3 N–H and O–H groups in total. The number of nitrogens with zero attached hydrogens (tertiary/aromatic N) is 3. The van der Waals surface area contributed by atoms with Crippen LogP contribution in [0.25, 0.3) is 0 Å². The minimum atomic E-state index is 0.209. The van der Waals surface area contributed by atoms with E-state index in [0.717, 1.165) is 25.3 Å². The topological polar surface area (TPSA) is 81.7 Å². The first-order chi connectivity index (χ1) is 6.28. The molecule has 0 atom stereocenters. The van der Waals surface area contributed by atoms with E-state index in [1.54, 1.807) is 6.20 Å². The molecule has 0 bridgehead atoms. The van der Waals surface area contributed by atoms with Crippen LogP contribution in [-0.2, 0) is 6.54 Å². The Morgan fingerprint density at radius 3 is 3.08 bits per heavy atom. The smallest absolute Gasteiger partial charge is 0.197 e. The van der Waals surface area contributed by atoms with Crippen LogP contribution in [0.2, 0.25) is 0 Å². The lowest BCUT2D eigenvalue weighted by molar-refractivity contribution is 0.125. The number of nitrogens with one attached hydrogen (secondary N) is 1. The normalized spacial score (nSPS) is 18.1. The summed E-state index contributed by atoms with van der Waals surface area (Å²) in [6.45, 7) is 2.52. The molecule has 13 heavy (non-hydrogen) atoms. The number of anilines is 1. The number of H-pyrrole nitrogens is 1. The van der Waals surface area contributed by atoms with Crippen molar-refractivity contribution < 1.29 is 0 Å². The zero-order valence-corrected chi connectivity index (χ0v) is 7.20. The fourth-order valence-corrected chi connectivity index (χ4v) is 1.48. The number of likely N-dealkylation sites (tertiary alicyclic amines) is 1. The molecule has 68 valence electrons. The minimum absolute atomic E-state index is 0.209. The van der Waals surface area contributed by atoms with Gasteiger partial charge in [-0.25, -0.2) is 4.98 Å². The monoisotopic (exact) mass is 177 g/mol. The molecule has 5 nitrogen and oxygen atoms in total. The molecule has 0 saturated carbocycles. The number of imidazole rings is 1. The number of nitrogens with two attached hydrogens (primary N) is 1. The Morgan fingerprint density at radius 2 is 2.54 bits per heavy atom. The second kappa shape index (κ2) is 3.07. The van der Waals surface area contributed by atoms with E-state index in [4.69, 9.17) is 11.0 Å². The third-order valence-corrected chi connectivity index (χ3v) is 2.18. The second-order valence-electron chi connectivity index (χ2n) is 3.31. The zero-order valence-electron chi connectivity index (χ0n) is 7.20. The molecule has 1 aromatic heterocycles. The van der Waals surface area contributed by atoms with Crippen LogP contribution < -0.4 is 5.73 Å². The largest absolute Gasteiger partial charge is 0.369 e. The van der Waals surface area contributed by atoms with Gasteiger partial charge in [0.25, 0.3) is 0 Å². The molecule has 1 aliphatic rings. The van der Waals surface area contributed by atoms with Crippen molar-refractivity contribution >= 4 is 5.95 Å². The standard InChI is InChI=1S/C8H11N5/c9-1-6-3-13(4-6)5-7-2-11-8(10)12-7/h2,6H,3-5H2,(H3,10,11,12). The third kappa shape index (κ3) is 1.63. The van der Waals surface area contributed by atoms with Crippen LogP contribution >= 0.6 is 0 Å². The van der Waals surface area contributed by atoms with Gasteiger partial charge in [-0.05, 0) is 0 Å². The molecule has 5 heteroatoms. The molecular formula is C8H11N5. The second-order valence-corrected chi connectivity index (χ2v) is 3.31. The summed E-state index contributed by atoms with van der Waals surface area (Å²) >= 11 is 0. The van der Waals surface area contributed by atoms with Gasteiger partial charge in [0.1, 0.15) is 0 Å². The first-order valence-electron chi connectivity index (χ1n) is 4.19. The Balaban J connectivity index is 1.85. The van der Waals surface area contributed by atoms with E-state index in [2.05, 4.69) is 20.9 Å². The number of nitriles is 1. The van der Waals surface area contributed by atoms with Crippen LogP contribution in [0.15, 0.2) is 6.20 Å². The van der Waals surface area contributed by atoms with E-state index < -0.39 is 0 Å². The van der Waals surface area contributed by atoms with Crippen LogP contribution in [0.1, 0.15) is 5.69 Å². The van der Waals surface area contributed by atoms with Gasteiger partial charge in [-0.2, -0.15) is 5.26 Å². The van der Waals surface area contributed by atoms with Crippen molar-refractivity contribution in [3.05, 3.63) is 11.9 Å². The summed E-state index contributed by atoms with van der Waals surface area (Å²) in [5.74, 6) is 0.660. The Bertz CT molecular complexity index is 331. The van der Waals surface area contributed by atoms with Crippen molar-refractivity contribution in [1.29, 1.82) is 5.26 Å². The predicted octanol–water partition coefficient (Wildman–Crippen LogP) is -0.0527. The summed E-state index contributed by atoms with van der Waals surface area (Å²) in [6, 6.07) is 2.23. The van der Waals surface area contributed by atoms with Gasteiger partial charge in [-0.15, -0.1) is 0 Å². The summed E-state index contributed by atoms with van der Waals surface area (Å²) in [7, 11) is 0. The first-order valence-corrected chi connectivity index (χ1v) is 4.19. The summed E-state index contributed by atoms with van der Waals surface area (Å²) in [6.07, 6.45) is 1.73. The molecule has 1 aliphatic heterocycles. The molecule has 1 aromatic rings. The molecule has 1 saturated heterocycles. The maximum atomic E-state index is 8.56. The van der Waals surface area contributed by atoms with Gasteiger partial charge in [0.05, 0.1) is 23.9 Å². The molecule has 0 spiro atoms. The summed E-state index contributed by atoms with van der Waals surface area (Å²) < 4.78 is 0. The molecule has 2 heterocycles. The lowest BCUT2D eigenvalue weighted by Gasteiger charge is -2.34. The molecule has 2 rings (SSSR count). The average molecular weight is 177 g/mol. The highest BCUT2D eigenvalue weighted by molar-refractivity contribution is 5.18. The highest BCUT2D eigenvalue weighted by atomic mass is 15.2. The van der Waals surface area contributed by atoms with E-state index in [0.29, 0.717) is 5.95 Å². The fourth-order valence-electron chi connectivity index (χ4n) is 1.48. The average Bonchev–Trinajstić information content (AvgIpc) is 2.43. The van der Waals surface area contributed by atoms with E-state index in [1.165, 1.54) is 0 Å². The van der Waals surface area contributed by atoms with Gasteiger partial charge >= 0.3 is 0 Å². The van der Waals surface area contributed by atoms with Crippen LogP contribution in [-0.4, -0.2) is 28.0 Å². The number of nitrogen functional groups attached to an aromatic ring is 1. The van der Waals surface area contributed by atoms with Crippen molar-refractivity contribution in [2.45, 2.75) is 6.54 Å². The van der Waals surface area contributed by atoms with Crippen LogP contribution in [0, 0.1) is 17.2 Å². The van der Waals surface area contributed by atoms with E-state index in [1.807, 2.05) is 0 Å². The van der Waals surface area contributed by atoms with Crippen LogP contribution in [0.4, 0.5) is 5.95 Å². The third-order valence-electron chi connectivity index (χ3n) is 2.18. The van der Waals surface area contributed by atoms with Crippen molar-refractivity contribution in [2.75, 3.05) is 18.8 Å². The Hall–Kier alpha value is -1.54. The van der Waals surface area contributed by atoms with E-state index >= 15 is 0 Å². The van der Waals surface area contributed by atoms with Crippen LogP contribution in [0.3, 0.4) is 0 Å². The summed E-state index contributed by atoms with van der Waals surface area (Å²) in [5.41, 5.74) is 6.44. The molecule has 0 unspecified atom stereocenters. The van der Waals surface area contributed by atoms with Crippen molar-refractivity contribution in [3.8, 4) is 6.07 Å². The molecular weight excluding hydrogens is 166 g/mol. The zero-order chi connectivity index (χ0) is 9.26. The molecule has 1 fully saturated rings. The lowest BCUT2D eigenvalue weighted by atomic mass is 10.0. The van der Waals surface area contributed by atoms with Gasteiger partial charge in [-0.1, -0.05) is 0 Å². The lowest BCUT2D eigenvalue weighted by Crippen LogP contribution is -2.45. The molecule has 0 amide bonds. The SMILES string of the molecule is N#CC1CN(Cc2cnc(N)[nH]2)C1. The Kier molecular flexibility index (Phi) is 1.91. The number of aromatic nitrogens is 2.